The molecule has 108 valence electrons. The predicted molar refractivity (Wildman–Crippen MR) is 71.9 cm³/mol. The van der Waals surface area contributed by atoms with E-state index < -0.39 is 12.3 Å². The fraction of sp³-hybridized carbons (Fsp3) is 0.357. The number of alkyl halides is 3. The van der Waals surface area contributed by atoms with E-state index in [1.165, 1.54) is 30.0 Å². The van der Waals surface area contributed by atoms with Gasteiger partial charge < -0.3 is 4.74 Å². The van der Waals surface area contributed by atoms with Gasteiger partial charge in [0.25, 0.3) is 0 Å². The van der Waals surface area contributed by atoms with Crippen molar-refractivity contribution in [2.45, 2.75) is 24.5 Å². The van der Waals surface area contributed by atoms with E-state index in [0.717, 1.165) is 0 Å². The number of carbonyl (C=O) groups excluding carboxylic acids is 1. The summed E-state index contributed by atoms with van der Waals surface area (Å²) in [6.07, 6.45) is -4.78. The third-order valence-corrected chi connectivity index (χ3v) is 4.40. The molecular formula is C14H13F3O2S. The Kier molecular flexibility index (Phi) is 4.13. The number of thioether (sulfide) groups is 1. The number of halogens is 3. The van der Waals surface area contributed by atoms with E-state index in [4.69, 9.17) is 0 Å². The molecule has 1 aliphatic heterocycles. The molecule has 2 rings (SSSR count). The summed E-state index contributed by atoms with van der Waals surface area (Å²) in [6, 6.07) is 5.73. The SMILES string of the molecule is C=C1C(C)SCC(=O)C1c1ccccc1OC(F)(F)F. The molecule has 6 heteroatoms. The third-order valence-electron chi connectivity index (χ3n) is 3.15. The molecule has 2 unspecified atom stereocenters. The topological polar surface area (TPSA) is 26.3 Å². The molecule has 0 saturated carbocycles. The van der Waals surface area contributed by atoms with Crippen molar-refractivity contribution in [2.24, 2.45) is 0 Å². The first-order valence-corrected chi connectivity index (χ1v) is 7.02. The zero-order valence-corrected chi connectivity index (χ0v) is 11.6. The zero-order valence-electron chi connectivity index (χ0n) is 10.7. The molecule has 0 aliphatic carbocycles. The van der Waals surface area contributed by atoms with Crippen molar-refractivity contribution in [1.29, 1.82) is 0 Å². The highest BCUT2D eigenvalue weighted by atomic mass is 32.2. The molecule has 0 aromatic heterocycles. The maximum Gasteiger partial charge on any atom is 0.573 e. The number of ether oxygens (including phenoxy) is 1. The number of Topliss-reactive ketones (excluding diaryl/α,β-unsaturated/α-hetero) is 1. The van der Waals surface area contributed by atoms with Crippen LogP contribution >= 0.6 is 11.8 Å². The second-order valence-corrected chi connectivity index (χ2v) is 5.84. The number of hydrogen-bond donors (Lipinski definition) is 0. The van der Waals surface area contributed by atoms with Crippen LogP contribution in [0.5, 0.6) is 5.75 Å². The number of para-hydroxylation sites is 1. The molecule has 0 amide bonds. The van der Waals surface area contributed by atoms with Crippen LogP contribution in [0.4, 0.5) is 13.2 Å². The van der Waals surface area contributed by atoms with Gasteiger partial charge in [0.2, 0.25) is 0 Å². The average Bonchev–Trinajstić information content (AvgIpc) is 2.35. The molecule has 0 spiro atoms. The van der Waals surface area contributed by atoms with Gasteiger partial charge in [-0.05, 0) is 18.6 Å². The summed E-state index contributed by atoms with van der Waals surface area (Å²) in [7, 11) is 0. The van der Waals surface area contributed by atoms with Gasteiger partial charge in [-0.1, -0.05) is 24.8 Å². The first-order chi connectivity index (χ1) is 9.29. The molecule has 1 fully saturated rings. The monoisotopic (exact) mass is 302 g/mol. The fourth-order valence-electron chi connectivity index (χ4n) is 2.15. The largest absolute Gasteiger partial charge is 0.573 e. The normalized spacial score (nSPS) is 23.8. The molecule has 2 atom stereocenters. The van der Waals surface area contributed by atoms with Gasteiger partial charge in [0, 0.05) is 10.8 Å². The zero-order chi connectivity index (χ0) is 14.9. The summed E-state index contributed by atoms with van der Waals surface area (Å²) < 4.78 is 41.3. The molecule has 1 aromatic rings. The summed E-state index contributed by atoms with van der Waals surface area (Å²) in [5.74, 6) is -0.940. The second kappa shape index (κ2) is 5.52. The molecule has 1 aliphatic rings. The van der Waals surface area contributed by atoms with Gasteiger partial charge in [-0.15, -0.1) is 24.9 Å². The van der Waals surface area contributed by atoms with Crippen molar-refractivity contribution in [3.63, 3.8) is 0 Å². The number of benzene rings is 1. The van der Waals surface area contributed by atoms with E-state index in [0.29, 0.717) is 5.57 Å². The quantitative estimate of drug-likeness (QED) is 0.774. The smallest absolute Gasteiger partial charge is 0.405 e. The number of ketones is 1. The van der Waals surface area contributed by atoms with Gasteiger partial charge in [0.1, 0.15) is 5.75 Å². The van der Waals surface area contributed by atoms with Crippen LogP contribution < -0.4 is 4.74 Å². The van der Waals surface area contributed by atoms with Crippen molar-refractivity contribution in [3.8, 4) is 5.75 Å². The van der Waals surface area contributed by atoms with Crippen molar-refractivity contribution < 1.29 is 22.7 Å². The van der Waals surface area contributed by atoms with Gasteiger partial charge >= 0.3 is 6.36 Å². The highest BCUT2D eigenvalue weighted by Gasteiger charge is 2.37. The second-order valence-electron chi connectivity index (χ2n) is 4.51. The van der Waals surface area contributed by atoms with E-state index in [-0.39, 0.29) is 28.1 Å². The van der Waals surface area contributed by atoms with Crippen LogP contribution in [0.3, 0.4) is 0 Å². The van der Waals surface area contributed by atoms with Crippen molar-refractivity contribution in [1.82, 2.24) is 0 Å². The minimum atomic E-state index is -4.78. The Balaban J connectivity index is 2.41. The van der Waals surface area contributed by atoms with Crippen LogP contribution in [0.2, 0.25) is 0 Å². The highest BCUT2D eigenvalue weighted by molar-refractivity contribution is 8.00. The molecule has 0 bridgehead atoms. The van der Waals surface area contributed by atoms with Crippen molar-refractivity contribution in [3.05, 3.63) is 42.0 Å². The Labute approximate surface area is 119 Å². The molecule has 2 nitrogen and oxygen atoms in total. The van der Waals surface area contributed by atoms with Gasteiger partial charge in [0.05, 0.1) is 11.7 Å². The Morgan fingerprint density at radius 1 is 1.35 bits per heavy atom. The summed E-state index contributed by atoms with van der Waals surface area (Å²) >= 11 is 1.44. The molecular weight excluding hydrogens is 289 g/mol. The van der Waals surface area contributed by atoms with Crippen LogP contribution in [0, 0.1) is 0 Å². The fourth-order valence-corrected chi connectivity index (χ4v) is 3.08. The molecule has 1 aromatic carbocycles. The van der Waals surface area contributed by atoms with Crippen LogP contribution in [-0.2, 0) is 4.79 Å². The molecule has 0 N–H and O–H groups in total. The molecule has 0 radical (unpaired) electrons. The van der Waals surface area contributed by atoms with E-state index >= 15 is 0 Å². The predicted octanol–water partition coefficient (Wildman–Crippen LogP) is 3.93. The Hall–Kier alpha value is -1.43. The van der Waals surface area contributed by atoms with Crippen LogP contribution in [-0.4, -0.2) is 23.1 Å². The minimum Gasteiger partial charge on any atom is -0.405 e. The Bertz CT molecular complexity index is 539. The number of carbonyl (C=O) groups is 1. The lowest BCUT2D eigenvalue weighted by Crippen LogP contribution is -2.28. The first kappa shape index (κ1) is 15.0. The van der Waals surface area contributed by atoms with E-state index in [9.17, 15) is 18.0 Å². The van der Waals surface area contributed by atoms with Crippen molar-refractivity contribution >= 4 is 17.5 Å². The van der Waals surface area contributed by atoms with Crippen LogP contribution in [0.25, 0.3) is 0 Å². The van der Waals surface area contributed by atoms with Gasteiger partial charge in [-0.25, -0.2) is 0 Å². The third kappa shape index (κ3) is 3.17. The molecule has 1 saturated heterocycles. The summed E-state index contributed by atoms with van der Waals surface area (Å²) in [5.41, 5.74) is 0.844. The van der Waals surface area contributed by atoms with E-state index in [2.05, 4.69) is 11.3 Å². The maximum atomic E-state index is 12.4. The van der Waals surface area contributed by atoms with Gasteiger partial charge in [-0.3, -0.25) is 4.79 Å². The molecule has 1 heterocycles. The average molecular weight is 302 g/mol. The number of rotatable bonds is 2. The summed E-state index contributed by atoms with van der Waals surface area (Å²) in [6.45, 7) is 5.75. The van der Waals surface area contributed by atoms with Gasteiger partial charge in [0.15, 0.2) is 5.78 Å². The Morgan fingerprint density at radius 3 is 2.65 bits per heavy atom. The number of hydrogen-bond acceptors (Lipinski definition) is 3. The standard InChI is InChI=1S/C14H13F3O2S/c1-8-9(2)20-7-11(18)13(8)10-5-3-4-6-12(10)19-14(15,16)17/h3-6,9,13H,1,7H2,2H3. The lowest BCUT2D eigenvalue weighted by molar-refractivity contribution is -0.275. The lowest BCUT2D eigenvalue weighted by atomic mass is 9.86. The summed E-state index contributed by atoms with van der Waals surface area (Å²) in [5, 5.41) is 0.0247. The highest BCUT2D eigenvalue weighted by Crippen LogP contribution is 2.41. The lowest BCUT2D eigenvalue weighted by Gasteiger charge is -2.29. The van der Waals surface area contributed by atoms with E-state index in [1.54, 1.807) is 6.07 Å². The van der Waals surface area contributed by atoms with E-state index in [1.807, 2.05) is 6.92 Å². The van der Waals surface area contributed by atoms with Crippen molar-refractivity contribution in [2.75, 3.05) is 5.75 Å². The maximum absolute atomic E-state index is 12.4. The Morgan fingerprint density at radius 2 is 2.00 bits per heavy atom. The van der Waals surface area contributed by atoms with Gasteiger partial charge in [-0.2, -0.15) is 0 Å². The van der Waals surface area contributed by atoms with Crippen LogP contribution in [0.1, 0.15) is 18.4 Å². The summed E-state index contributed by atoms with van der Waals surface area (Å²) in [4.78, 5) is 12.1. The van der Waals surface area contributed by atoms with Crippen LogP contribution in [0.15, 0.2) is 36.4 Å². The minimum absolute atomic E-state index is 0.0247. The molecule has 20 heavy (non-hydrogen) atoms. The first-order valence-electron chi connectivity index (χ1n) is 5.97.